The molecule has 0 aliphatic heterocycles. The van der Waals surface area contributed by atoms with Gasteiger partial charge in [-0.05, 0) is 31.5 Å². The quantitative estimate of drug-likeness (QED) is 0.745. The minimum absolute atomic E-state index is 0.0118. The molecule has 0 aliphatic rings. The van der Waals surface area contributed by atoms with Gasteiger partial charge < -0.3 is 10.2 Å². The number of hydrogen-bond donors (Lipinski definition) is 3. The highest BCUT2D eigenvalue weighted by Gasteiger charge is 2.30. The van der Waals surface area contributed by atoms with Crippen LogP contribution in [-0.2, 0) is 14.8 Å². The highest BCUT2D eigenvalue weighted by Crippen LogP contribution is 2.22. The molecule has 8 heteroatoms. The van der Waals surface area contributed by atoms with Crippen LogP contribution in [0.5, 0.6) is 0 Å². The zero-order valence-corrected chi connectivity index (χ0v) is 11.9. The molecule has 0 fully saturated rings. The summed E-state index contributed by atoms with van der Waals surface area (Å²) < 4.78 is 25.9. The predicted octanol–water partition coefficient (Wildman–Crippen LogP) is 0.761. The van der Waals surface area contributed by atoms with Crippen molar-refractivity contribution < 1.29 is 23.4 Å². The summed E-state index contributed by atoms with van der Waals surface area (Å²) in [6.45, 7) is 2.92. The van der Waals surface area contributed by atoms with Crippen molar-refractivity contribution in [2.24, 2.45) is 0 Å². The Hall–Kier alpha value is -1.15. The van der Waals surface area contributed by atoms with E-state index >= 15 is 0 Å². The standard InChI is InChI=1S/C11H14ClNO5S/c1-6-3-4-9(8(12)5-6)19(17,18)13-10(7(2)14)11(15)16/h3-5,7,10,13-14H,1-2H3,(H,15,16). The fraction of sp³-hybridized carbons (Fsp3) is 0.364. The normalized spacial score (nSPS) is 14.9. The van der Waals surface area contributed by atoms with Crippen molar-refractivity contribution in [1.82, 2.24) is 4.72 Å². The van der Waals surface area contributed by atoms with E-state index < -0.39 is 28.1 Å². The van der Waals surface area contributed by atoms with E-state index in [1.807, 2.05) is 4.72 Å². The second-order valence-corrected chi connectivity index (χ2v) is 6.20. The number of carbonyl (C=O) groups is 1. The average Bonchev–Trinajstić information content (AvgIpc) is 2.24. The zero-order valence-electron chi connectivity index (χ0n) is 10.3. The Labute approximate surface area is 116 Å². The van der Waals surface area contributed by atoms with Gasteiger partial charge in [-0.25, -0.2) is 8.42 Å². The van der Waals surface area contributed by atoms with E-state index in [-0.39, 0.29) is 9.92 Å². The van der Waals surface area contributed by atoms with E-state index in [0.717, 1.165) is 5.56 Å². The summed E-state index contributed by atoms with van der Waals surface area (Å²) in [6, 6.07) is 2.63. The van der Waals surface area contributed by atoms with E-state index in [0.29, 0.717) is 0 Å². The summed E-state index contributed by atoms with van der Waals surface area (Å²) in [7, 11) is -4.12. The number of aliphatic carboxylic acids is 1. The van der Waals surface area contributed by atoms with Gasteiger partial charge in [0.25, 0.3) is 0 Å². The molecule has 6 nitrogen and oxygen atoms in total. The van der Waals surface area contributed by atoms with Crippen LogP contribution >= 0.6 is 11.6 Å². The predicted molar refractivity (Wildman–Crippen MR) is 69.6 cm³/mol. The van der Waals surface area contributed by atoms with Crippen LogP contribution in [0.1, 0.15) is 12.5 Å². The third-order valence-corrected chi connectivity index (χ3v) is 4.33. The molecule has 0 saturated heterocycles. The van der Waals surface area contributed by atoms with Crippen molar-refractivity contribution in [1.29, 1.82) is 0 Å². The molecule has 0 heterocycles. The summed E-state index contributed by atoms with van der Waals surface area (Å²) in [5.74, 6) is -1.47. The summed E-state index contributed by atoms with van der Waals surface area (Å²) in [5.41, 5.74) is 0.772. The largest absolute Gasteiger partial charge is 0.480 e. The Morgan fingerprint density at radius 2 is 2.00 bits per heavy atom. The Kier molecular flexibility index (Phi) is 4.92. The van der Waals surface area contributed by atoms with Crippen LogP contribution in [0.25, 0.3) is 0 Å². The number of carboxylic acid groups (broad SMARTS) is 1. The van der Waals surface area contributed by atoms with Crippen LogP contribution in [0.2, 0.25) is 5.02 Å². The van der Waals surface area contributed by atoms with Gasteiger partial charge in [-0.3, -0.25) is 4.79 Å². The van der Waals surface area contributed by atoms with E-state index in [1.54, 1.807) is 13.0 Å². The monoisotopic (exact) mass is 307 g/mol. The second-order valence-electron chi connectivity index (χ2n) is 4.11. The smallest absolute Gasteiger partial charge is 0.324 e. The van der Waals surface area contributed by atoms with E-state index in [9.17, 15) is 18.3 Å². The summed E-state index contributed by atoms with van der Waals surface area (Å²) in [5, 5.41) is 18.1. The minimum atomic E-state index is -4.12. The highest BCUT2D eigenvalue weighted by molar-refractivity contribution is 7.89. The van der Waals surface area contributed by atoms with Crippen molar-refractivity contribution in [3.8, 4) is 0 Å². The molecule has 1 rings (SSSR count). The first-order valence-corrected chi connectivity index (χ1v) is 7.20. The van der Waals surface area contributed by atoms with Crippen molar-refractivity contribution in [3.63, 3.8) is 0 Å². The van der Waals surface area contributed by atoms with Crippen LogP contribution in [0, 0.1) is 6.92 Å². The number of rotatable bonds is 5. The number of halogens is 1. The Morgan fingerprint density at radius 3 is 2.42 bits per heavy atom. The van der Waals surface area contributed by atoms with E-state index in [4.69, 9.17) is 16.7 Å². The fourth-order valence-electron chi connectivity index (χ4n) is 1.41. The van der Waals surface area contributed by atoms with E-state index in [2.05, 4.69) is 0 Å². The van der Waals surface area contributed by atoms with Crippen LogP contribution < -0.4 is 4.72 Å². The summed E-state index contributed by atoms with van der Waals surface area (Å²) in [6.07, 6.45) is -1.38. The molecule has 0 aromatic heterocycles. The lowest BCUT2D eigenvalue weighted by Gasteiger charge is -2.17. The first-order valence-electron chi connectivity index (χ1n) is 5.34. The van der Waals surface area contributed by atoms with Gasteiger partial charge in [0.05, 0.1) is 11.1 Å². The molecule has 106 valence electrons. The highest BCUT2D eigenvalue weighted by atomic mass is 35.5. The Morgan fingerprint density at radius 1 is 1.42 bits per heavy atom. The number of aliphatic hydroxyl groups is 1. The van der Waals surface area contributed by atoms with Crippen molar-refractivity contribution in [2.75, 3.05) is 0 Å². The maximum absolute atomic E-state index is 12.0. The number of hydrogen-bond acceptors (Lipinski definition) is 4. The number of carboxylic acids is 1. The van der Waals surface area contributed by atoms with Gasteiger partial charge in [0.2, 0.25) is 10.0 Å². The molecule has 0 amide bonds. The Bertz CT molecular complexity index is 585. The van der Waals surface area contributed by atoms with Crippen LogP contribution in [-0.4, -0.2) is 36.7 Å². The first-order chi connectivity index (χ1) is 8.65. The molecule has 2 unspecified atom stereocenters. The first kappa shape index (κ1) is 15.9. The molecular weight excluding hydrogens is 294 g/mol. The van der Waals surface area contributed by atoms with Crippen molar-refractivity contribution >= 4 is 27.6 Å². The van der Waals surface area contributed by atoms with Gasteiger partial charge in [-0.2, -0.15) is 4.72 Å². The molecular formula is C11H14ClNO5S. The number of benzene rings is 1. The van der Waals surface area contributed by atoms with Gasteiger partial charge in [0, 0.05) is 0 Å². The SMILES string of the molecule is Cc1ccc(S(=O)(=O)NC(C(=O)O)C(C)O)c(Cl)c1. The summed E-state index contributed by atoms with van der Waals surface area (Å²) >= 11 is 5.83. The van der Waals surface area contributed by atoms with Gasteiger partial charge in [0.15, 0.2) is 0 Å². The maximum atomic E-state index is 12.0. The van der Waals surface area contributed by atoms with Crippen molar-refractivity contribution in [2.45, 2.75) is 30.9 Å². The molecule has 2 atom stereocenters. The summed E-state index contributed by atoms with van der Waals surface area (Å²) in [4.78, 5) is 10.6. The molecule has 0 aliphatic carbocycles. The number of aliphatic hydroxyl groups excluding tert-OH is 1. The number of aryl methyl sites for hydroxylation is 1. The van der Waals surface area contributed by atoms with Crippen molar-refractivity contribution in [3.05, 3.63) is 28.8 Å². The number of sulfonamides is 1. The zero-order chi connectivity index (χ0) is 14.8. The van der Waals surface area contributed by atoms with Gasteiger partial charge >= 0.3 is 5.97 Å². The molecule has 1 aromatic rings. The third-order valence-electron chi connectivity index (χ3n) is 2.41. The maximum Gasteiger partial charge on any atom is 0.324 e. The molecule has 19 heavy (non-hydrogen) atoms. The lowest BCUT2D eigenvalue weighted by molar-refractivity contribution is -0.141. The topological polar surface area (TPSA) is 104 Å². The molecule has 0 radical (unpaired) electrons. The minimum Gasteiger partial charge on any atom is -0.480 e. The third kappa shape index (κ3) is 3.90. The van der Waals surface area contributed by atoms with Gasteiger partial charge in [0.1, 0.15) is 10.9 Å². The van der Waals surface area contributed by atoms with Crippen LogP contribution in [0.3, 0.4) is 0 Å². The Balaban J connectivity index is 3.14. The van der Waals surface area contributed by atoms with Gasteiger partial charge in [-0.1, -0.05) is 17.7 Å². The lowest BCUT2D eigenvalue weighted by Crippen LogP contribution is -2.47. The fourth-order valence-corrected chi connectivity index (χ4v) is 3.27. The molecule has 0 bridgehead atoms. The van der Waals surface area contributed by atoms with Gasteiger partial charge in [-0.15, -0.1) is 0 Å². The second kappa shape index (κ2) is 5.87. The lowest BCUT2D eigenvalue weighted by atomic mass is 10.2. The van der Waals surface area contributed by atoms with Crippen LogP contribution in [0.15, 0.2) is 23.1 Å². The molecule has 0 spiro atoms. The van der Waals surface area contributed by atoms with Crippen LogP contribution in [0.4, 0.5) is 0 Å². The van der Waals surface area contributed by atoms with E-state index in [1.165, 1.54) is 19.1 Å². The molecule has 3 N–H and O–H groups in total. The number of nitrogens with one attached hydrogen (secondary N) is 1. The average molecular weight is 308 g/mol. The molecule has 1 aromatic carbocycles. The molecule has 0 saturated carbocycles.